The molecule has 0 heterocycles. The summed E-state index contributed by atoms with van der Waals surface area (Å²) in [4.78, 5) is 11.9. The van der Waals surface area contributed by atoms with Crippen LogP contribution in [-0.4, -0.2) is 23.3 Å². The molecule has 0 bridgehead atoms. The summed E-state index contributed by atoms with van der Waals surface area (Å²) in [6, 6.07) is 0. The molecule has 0 aromatic rings. The average Bonchev–Trinajstić information content (AvgIpc) is 3.04. The average molecular weight is 417 g/mol. The van der Waals surface area contributed by atoms with Gasteiger partial charge in [-0.15, -0.1) is 0 Å². The van der Waals surface area contributed by atoms with Gasteiger partial charge in [0.05, 0.1) is 12.2 Å². The highest BCUT2D eigenvalue weighted by atomic mass is 16.5. The maximum absolute atomic E-state index is 11.9. The molecule has 0 aromatic heterocycles. The molecule has 0 radical (unpaired) electrons. The predicted octanol–water partition coefficient (Wildman–Crippen LogP) is 6.30. The second-order valence-corrected chi connectivity index (χ2v) is 12.0. The number of fused-ring (bicyclic) bond motifs is 5. The van der Waals surface area contributed by atoms with E-state index in [4.69, 9.17) is 4.74 Å². The second-order valence-electron chi connectivity index (χ2n) is 12.0. The molecular weight excluding hydrogens is 372 g/mol. The fourth-order valence-corrected chi connectivity index (χ4v) is 8.46. The van der Waals surface area contributed by atoms with E-state index >= 15 is 0 Å². The van der Waals surface area contributed by atoms with Crippen LogP contribution in [0.1, 0.15) is 98.8 Å². The molecule has 170 valence electrons. The van der Waals surface area contributed by atoms with Gasteiger partial charge in [-0.3, -0.25) is 4.79 Å². The van der Waals surface area contributed by atoms with Crippen LogP contribution < -0.4 is 0 Å². The summed E-state index contributed by atoms with van der Waals surface area (Å²) < 4.78 is 5.17. The molecule has 0 aromatic carbocycles. The van der Waals surface area contributed by atoms with Gasteiger partial charge in [0.15, 0.2) is 0 Å². The smallest absolute Gasteiger partial charge is 0.305 e. The van der Waals surface area contributed by atoms with Crippen molar-refractivity contribution in [1.29, 1.82) is 0 Å². The van der Waals surface area contributed by atoms with E-state index in [1.54, 1.807) is 5.57 Å². The van der Waals surface area contributed by atoms with Gasteiger partial charge in [-0.05, 0) is 112 Å². The highest BCUT2D eigenvalue weighted by Gasteiger charge is 2.58. The van der Waals surface area contributed by atoms with Crippen molar-refractivity contribution in [3.05, 3.63) is 11.6 Å². The molecule has 3 heteroatoms. The molecule has 4 aliphatic rings. The third kappa shape index (κ3) is 3.67. The van der Waals surface area contributed by atoms with Gasteiger partial charge < -0.3 is 9.84 Å². The lowest BCUT2D eigenvalue weighted by molar-refractivity contribution is -0.143. The van der Waals surface area contributed by atoms with E-state index in [1.807, 2.05) is 13.8 Å². The summed E-state index contributed by atoms with van der Waals surface area (Å²) in [5.74, 6) is 3.45. The number of allylic oxidation sites excluding steroid dienone is 2. The number of esters is 1. The summed E-state index contributed by atoms with van der Waals surface area (Å²) in [5, 5.41) is 10.7. The summed E-state index contributed by atoms with van der Waals surface area (Å²) >= 11 is 0. The predicted molar refractivity (Wildman–Crippen MR) is 121 cm³/mol. The van der Waals surface area contributed by atoms with Crippen molar-refractivity contribution in [1.82, 2.24) is 0 Å². The zero-order chi connectivity index (χ0) is 21.7. The highest BCUT2D eigenvalue weighted by Crippen LogP contribution is 2.67. The van der Waals surface area contributed by atoms with Crippen LogP contribution in [0.3, 0.4) is 0 Å². The first-order valence-electron chi connectivity index (χ1n) is 12.7. The first-order chi connectivity index (χ1) is 14.1. The van der Waals surface area contributed by atoms with Crippen LogP contribution in [0.15, 0.2) is 11.6 Å². The minimum Gasteiger partial charge on any atom is -0.466 e. The molecule has 3 saturated carbocycles. The Morgan fingerprint density at radius 2 is 1.97 bits per heavy atom. The Balaban J connectivity index is 1.50. The second kappa shape index (κ2) is 7.94. The van der Waals surface area contributed by atoms with Crippen molar-refractivity contribution >= 4 is 5.97 Å². The lowest BCUT2D eigenvalue weighted by atomic mass is 9.47. The minimum atomic E-state index is -0.465. The number of hydrogen-bond donors (Lipinski definition) is 1. The third-order valence-electron chi connectivity index (χ3n) is 10.2. The van der Waals surface area contributed by atoms with Gasteiger partial charge in [0.25, 0.3) is 0 Å². The third-order valence-corrected chi connectivity index (χ3v) is 10.2. The maximum Gasteiger partial charge on any atom is 0.305 e. The van der Waals surface area contributed by atoms with E-state index in [0.717, 1.165) is 37.5 Å². The van der Waals surface area contributed by atoms with E-state index in [-0.39, 0.29) is 5.97 Å². The molecule has 0 spiro atoms. The van der Waals surface area contributed by atoms with Crippen molar-refractivity contribution in [3.63, 3.8) is 0 Å². The normalized spacial score (nSPS) is 46.3. The van der Waals surface area contributed by atoms with Gasteiger partial charge in [0.1, 0.15) is 0 Å². The molecule has 4 aliphatic carbocycles. The minimum absolute atomic E-state index is 0.0331. The Morgan fingerprint density at radius 3 is 2.70 bits per heavy atom. The van der Waals surface area contributed by atoms with Crippen molar-refractivity contribution in [3.8, 4) is 0 Å². The SMILES string of the molecule is CCOC(=O)CC[C@@H](C)C1CC[C@H]2[C@@H]3CC[C@H]4C[C@@](C)(O)CC[C@]4(C)C3=CC[C@]12C. The van der Waals surface area contributed by atoms with E-state index in [0.29, 0.717) is 41.6 Å². The van der Waals surface area contributed by atoms with Crippen molar-refractivity contribution in [2.24, 2.45) is 40.4 Å². The van der Waals surface area contributed by atoms with Gasteiger partial charge in [-0.2, -0.15) is 0 Å². The van der Waals surface area contributed by atoms with Gasteiger partial charge in [0.2, 0.25) is 0 Å². The molecule has 8 atom stereocenters. The Labute approximate surface area is 184 Å². The lowest BCUT2D eigenvalue weighted by Crippen LogP contribution is -2.50. The molecule has 3 nitrogen and oxygen atoms in total. The lowest BCUT2D eigenvalue weighted by Gasteiger charge is -2.58. The standard InChI is InChI=1S/C27H44O3/c1-6-30-24(28)12-7-18(2)21-10-11-22-20-9-8-19-17-25(3,29)15-16-26(19,4)23(20)13-14-27(21,22)5/h13,18-22,29H,6-12,14-17H2,1-5H3/t18-,19+,20+,21?,22+,25+,26+,27-/m1/s1. The molecule has 0 amide bonds. The number of carbonyl (C=O) groups is 1. The largest absolute Gasteiger partial charge is 0.466 e. The van der Waals surface area contributed by atoms with Gasteiger partial charge in [-0.1, -0.05) is 32.4 Å². The zero-order valence-electron chi connectivity index (χ0n) is 20.0. The molecule has 1 N–H and O–H groups in total. The Bertz CT molecular complexity index is 694. The van der Waals surface area contributed by atoms with Gasteiger partial charge >= 0.3 is 5.97 Å². The zero-order valence-corrected chi connectivity index (χ0v) is 20.0. The molecule has 3 fully saturated rings. The monoisotopic (exact) mass is 416 g/mol. The molecule has 0 aliphatic heterocycles. The quantitative estimate of drug-likeness (QED) is 0.423. The fraction of sp³-hybridized carbons (Fsp3) is 0.889. The van der Waals surface area contributed by atoms with E-state index in [1.165, 1.54) is 32.1 Å². The van der Waals surface area contributed by atoms with Crippen LogP contribution >= 0.6 is 0 Å². The number of rotatable bonds is 5. The van der Waals surface area contributed by atoms with Crippen molar-refractivity contribution in [2.75, 3.05) is 6.61 Å². The number of aliphatic hydroxyl groups is 1. The van der Waals surface area contributed by atoms with Gasteiger partial charge in [0, 0.05) is 6.42 Å². The number of ether oxygens (including phenoxy) is 1. The molecule has 4 rings (SSSR count). The van der Waals surface area contributed by atoms with E-state index in [2.05, 4.69) is 26.8 Å². The highest BCUT2D eigenvalue weighted by molar-refractivity contribution is 5.69. The fourth-order valence-electron chi connectivity index (χ4n) is 8.46. The summed E-state index contributed by atoms with van der Waals surface area (Å²) in [7, 11) is 0. The molecule has 30 heavy (non-hydrogen) atoms. The van der Waals surface area contributed by atoms with E-state index < -0.39 is 5.60 Å². The van der Waals surface area contributed by atoms with Crippen LogP contribution in [0.2, 0.25) is 0 Å². The first-order valence-corrected chi connectivity index (χ1v) is 12.7. The Kier molecular flexibility index (Phi) is 5.92. The van der Waals surface area contributed by atoms with Crippen LogP contribution in [-0.2, 0) is 9.53 Å². The number of carbonyl (C=O) groups excluding carboxylic acids is 1. The Hall–Kier alpha value is -0.830. The molecule has 1 unspecified atom stereocenters. The van der Waals surface area contributed by atoms with Crippen molar-refractivity contribution in [2.45, 2.75) is 104 Å². The van der Waals surface area contributed by atoms with Gasteiger partial charge in [-0.25, -0.2) is 0 Å². The summed E-state index contributed by atoms with van der Waals surface area (Å²) in [5.41, 5.74) is 1.98. The van der Waals surface area contributed by atoms with Crippen molar-refractivity contribution < 1.29 is 14.6 Å². The summed E-state index contributed by atoms with van der Waals surface area (Å²) in [6.07, 6.45) is 13.7. The Morgan fingerprint density at radius 1 is 1.20 bits per heavy atom. The first kappa shape index (κ1) is 22.4. The maximum atomic E-state index is 11.9. The number of hydrogen-bond acceptors (Lipinski definition) is 3. The van der Waals surface area contributed by atoms with Crippen LogP contribution in [0.5, 0.6) is 0 Å². The van der Waals surface area contributed by atoms with E-state index in [9.17, 15) is 9.90 Å². The topological polar surface area (TPSA) is 46.5 Å². The van der Waals surface area contributed by atoms with Crippen LogP contribution in [0.4, 0.5) is 0 Å². The summed E-state index contributed by atoms with van der Waals surface area (Å²) in [6.45, 7) is 11.9. The van der Waals surface area contributed by atoms with Crippen LogP contribution in [0.25, 0.3) is 0 Å². The molecular formula is C27H44O3. The van der Waals surface area contributed by atoms with Crippen LogP contribution in [0, 0.1) is 40.4 Å². The molecule has 0 saturated heterocycles.